The molecule has 32 heavy (non-hydrogen) atoms. The number of aromatic nitrogens is 1. The molecular formula is C27H25N3O2. The smallest absolute Gasteiger partial charge is 0.260 e. The van der Waals surface area contributed by atoms with E-state index in [9.17, 15) is 4.79 Å². The number of ether oxygens (including phenoxy) is 1. The third-order valence-electron chi connectivity index (χ3n) is 5.37. The largest absolute Gasteiger partial charge is 0.494 e. The molecule has 5 nitrogen and oxygen atoms in total. The van der Waals surface area contributed by atoms with Crippen LogP contribution in [0.3, 0.4) is 0 Å². The van der Waals surface area contributed by atoms with Crippen LogP contribution in [0.2, 0.25) is 0 Å². The Bertz CT molecular complexity index is 1240. The maximum absolute atomic E-state index is 13.7. The van der Waals surface area contributed by atoms with Crippen LogP contribution >= 0.6 is 0 Å². The molecule has 0 spiro atoms. The van der Waals surface area contributed by atoms with Gasteiger partial charge in [0.15, 0.2) is 0 Å². The van der Waals surface area contributed by atoms with Crippen LogP contribution in [0.25, 0.3) is 10.9 Å². The predicted molar refractivity (Wildman–Crippen MR) is 127 cm³/mol. The number of carbonyl (C=O) groups is 1. The first-order chi connectivity index (χ1) is 15.7. The molecule has 3 aromatic carbocycles. The standard InChI is InChI=1S/C27H25N3O2/c1-2-32-23-15-13-22(14-16-23)30(18-8-17-28)27(31)25-20-29(19-21-9-4-3-5-10-21)26-12-7-6-11-24(25)26/h3-7,9-16,20H,2,8,18-19H2,1H3. The number of rotatable bonds is 8. The van der Waals surface area contributed by atoms with Gasteiger partial charge in [-0.05, 0) is 42.8 Å². The fourth-order valence-electron chi connectivity index (χ4n) is 3.87. The minimum Gasteiger partial charge on any atom is -0.494 e. The van der Waals surface area contributed by atoms with Crippen LogP contribution in [0.5, 0.6) is 5.75 Å². The molecule has 0 radical (unpaired) electrons. The van der Waals surface area contributed by atoms with Crippen molar-refractivity contribution in [3.8, 4) is 11.8 Å². The zero-order valence-electron chi connectivity index (χ0n) is 18.1. The number of carbonyl (C=O) groups excluding carboxylic acids is 1. The van der Waals surface area contributed by atoms with Gasteiger partial charge in [-0.1, -0.05) is 48.5 Å². The predicted octanol–water partition coefficient (Wildman–Crippen LogP) is 5.65. The van der Waals surface area contributed by atoms with Crippen LogP contribution in [0, 0.1) is 11.3 Å². The van der Waals surface area contributed by atoms with Crippen LogP contribution in [0.15, 0.2) is 85.1 Å². The van der Waals surface area contributed by atoms with Crippen molar-refractivity contribution < 1.29 is 9.53 Å². The lowest BCUT2D eigenvalue weighted by Gasteiger charge is -2.22. The number of hydrogen-bond donors (Lipinski definition) is 0. The Hall–Kier alpha value is -4.04. The molecule has 1 heterocycles. The number of anilines is 1. The lowest BCUT2D eigenvalue weighted by atomic mass is 10.1. The molecule has 4 rings (SSSR count). The van der Waals surface area contributed by atoms with Gasteiger partial charge in [0.2, 0.25) is 0 Å². The van der Waals surface area contributed by atoms with E-state index in [-0.39, 0.29) is 12.3 Å². The van der Waals surface area contributed by atoms with E-state index in [1.165, 1.54) is 5.56 Å². The second-order valence-electron chi connectivity index (χ2n) is 7.47. The van der Waals surface area contributed by atoms with Crippen molar-refractivity contribution in [3.63, 3.8) is 0 Å². The van der Waals surface area contributed by atoms with Gasteiger partial charge in [-0.25, -0.2) is 0 Å². The minimum absolute atomic E-state index is 0.118. The molecule has 0 atom stereocenters. The van der Waals surface area contributed by atoms with Crippen molar-refractivity contribution in [2.24, 2.45) is 0 Å². The van der Waals surface area contributed by atoms with Crippen LogP contribution < -0.4 is 9.64 Å². The molecule has 0 aliphatic heterocycles. The zero-order chi connectivity index (χ0) is 22.3. The summed E-state index contributed by atoms with van der Waals surface area (Å²) in [6, 6.07) is 27.7. The van der Waals surface area contributed by atoms with E-state index >= 15 is 0 Å². The number of hydrogen-bond acceptors (Lipinski definition) is 3. The highest BCUT2D eigenvalue weighted by atomic mass is 16.5. The molecule has 0 aliphatic rings. The Balaban J connectivity index is 1.72. The average Bonchev–Trinajstić information content (AvgIpc) is 3.19. The van der Waals surface area contributed by atoms with Crippen molar-refractivity contribution in [2.45, 2.75) is 19.9 Å². The summed E-state index contributed by atoms with van der Waals surface area (Å²) in [6.07, 6.45) is 2.18. The number of para-hydroxylation sites is 1. The summed E-state index contributed by atoms with van der Waals surface area (Å²) in [6.45, 7) is 3.51. The highest BCUT2D eigenvalue weighted by Gasteiger charge is 2.22. The van der Waals surface area contributed by atoms with Crippen molar-refractivity contribution >= 4 is 22.5 Å². The Kier molecular flexibility index (Phi) is 6.52. The summed E-state index contributed by atoms with van der Waals surface area (Å²) in [5.74, 6) is 0.635. The van der Waals surface area contributed by atoms with Crippen LogP contribution in [-0.2, 0) is 6.54 Å². The summed E-state index contributed by atoms with van der Waals surface area (Å²) in [5, 5.41) is 10.1. The van der Waals surface area contributed by atoms with Crippen molar-refractivity contribution in [2.75, 3.05) is 18.1 Å². The normalized spacial score (nSPS) is 10.6. The molecule has 160 valence electrons. The SMILES string of the molecule is CCOc1ccc(N(CCC#N)C(=O)c2cn(Cc3ccccc3)c3ccccc23)cc1. The van der Waals surface area contributed by atoms with Gasteiger partial charge in [-0.15, -0.1) is 0 Å². The van der Waals surface area contributed by atoms with Crippen LogP contribution in [-0.4, -0.2) is 23.6 Å². The monoisotopic (exact) mass is 423 g/mol. The van der Waals surface area contributed by atoms with Gasteiger partial charge >= 0.3 is 0 Å². The van der Waals surface area contributed by atoms with Crippen molar-refractivity contribution in [3.05, 3.63) is 96.2 Å². The number of nitrogens with zero attached hydrogens (tertiary/aromatic N) is 3. The Morgan fingerprint density at radius 1 is 1.00 bits per heavy atom. The maximum Gasteiger partial charge on any atom is 0.260 e. The van der Waals surface area contributed by atoms with E-state index in [1.807, 2.05) is 79.9 Å². The number of nitriles is 1. The second-order valence-corrected chi connectivity index (χ2v) is 7.47. The van der Waals surface area contributed by atoms with Crippen LogP contribution in [0.4, 0.5) is 5.69 Å². The van der Waals surface area contributed by atoms with Gasteiger partial charge in [-0.2, -0.15) is 5.26 Å². The first kappa shape index (κ1) is 21.2. The zero-order valence-corrected chi connectivity index (χ0v) is 18.1. The topological polar surface area (TPSA) is 58.3 Å². The molecule has 0 saturated carbocycles. The Morgan fingerprint density at radius 2 is 1.72 bits per heavy atom. The van der Waals surface area contributed by atoms with Crippen molar-refractivity contribution in [1.82, 2.24) is 4.57 Å². The van der Waals surface area contributed by atoms with E-state index in [0.717, 1.165) is 22.3 Å². The van der Waals surface area contributed by atoms with Gasteiger partial charge < -0.3 is 14.2 Å². The highest BCUT2D eigenvalue weighted by molar-refractivity contribution is 6.14. The fourth-order valence-corrected chi connectivity index (χ4v) is 3.87. The van der Waals surface area contributed by atoms with E-state index in [0.29, 0.717) is 25.3 Å². The Morgan fingerprint density at radius 3 is 2.44 bits per heavy atom. The van der Waals surface area contributed by atoms with Gasteiger partial charge in [-0.3, -0.25) is 4.79 Å². The molecule has 1 amide bonds. The summed E-state index contributed by atoms with van der Waals surface area (Å²) in [5.41, 5.74) is 3.55. The van der Waals surface area contributed by atoms with Crippen molar-refractivity contribution in [1.29, 1.82) is 5.26 Å². The first-order valence-corrected chi connectivity index (χ1v) is 10.7. The maximum atomic E-state index is 13.7. The van der Waals surface area contributed by atoms with Gasteiger partial charge in [0.05, 0.1) is 24.7 Å². The van der Waals surface area contributed by atoms with E-state index in [2.05, 4.69) is 22.8 Å². The van der Waals surface area contributed by atoms with Crippen LogP contribution in [0.1, 0.15) is 29.3 Å². The molecule has 0 N–H and O–H groups in total. The first-order valence-electron chi connectivity index (χ1n) is 10.7. The minimum atomic E-state index is -0.118. The third-order valence-corrected chi connectivity index (χ3v) is 5.37. The highest BCUT2D eigenvalue weighted by Crippen LogP contribution is 2.27. The fraction of sp³-hybridized carbons (Fsp3) is 0.185. The van der Waals surface area contributed by atoms with Gasteiger partial charge in [0.25, 0.3) is 5.91 Å². The Labute approximate surface area is 188 Å². The summed E-state index contributed by atoms with van der Waals surface area (Å²) in [4.78, 5) is 15.4. The molecule has 0 aliphatic carbocycles. The molecule has 1 aromatic heterocycles. The number of fused-ring (bicyclic) bond motifs is 1. The quantitative estimate of drug-likeness (QED) is 0.368. The molecular weight excluding hydrogens is 398 g/mol. The summed E-state index contributed by atoms with van der Waals surface area (Å²) in [7, 11) is 0. The molecule has 0 saturated heterocycles. The molecule has 0 bridgehead atoms. The van der Waals surface area contributed by atoms with E-state index in [4.69, 9.17) is 10.00 Å². The molecule has 0 unspecified atom stereocenters. The van der Waals surface area contributed by atoms with Gasteiger partial charge in [0, 0.05) is 35.9 Å². The summed E-state index contributed by atoms with van der Waals surface area (Å²) >= 11 is 0. The molecule has 4 aromatic rings. The third kappa shape index (κ3) is 4.50. The average molecular weight is 424 g/mol. The number of benzene rings is 3. The number of amides is 1. The van der Waals surface area contributed by atoms with E-state index in [1.54, 1.807) is 4.90 Å². The second kappa shape index (κ2) is 9.84. The molecule has 0 fully saturated rings. The van der Waals surface area contributed by atoms with Gasteiger partial charge in [0.1, 0.15) is 5.75 Å². The van der Waals surface area contributed by atoms with E-state index < -0.39 is 0 Å². The lowest BCUT2D eigenvalue weighted by molar-refractivity contribution is 0.0989. The summed E-state index contributed by atoms with van der Waals surface area (Å²) < 4.78 is 7.63. The lowest BCUT2D eigenvalue weighted by Crippen LogP contribution is -2.31. The molecule has 5 heteroatoms.